The Labute approximate surface area is 160 Å². The molecule has 2 aromatic rings. The second kappa shape index (κ2) is 9.43. The minimum atomic E-state index is -0.242. The Balaban J connectivity index is 1.60. The van der Waals surface area contributed by atoms with Gasteiger partial charge in [-0.3, -0.25) is 9.69 Å². The monoisotopic (exact) mass is 369 g/mol. The summed E-state index contributed by atoms with van der Waals surface area (Å²) < 4.78 is 6.03. The molecule has 7 heteroatoms. The third kappa shape index (κ3) is 5.24. The minimum absolute atomic E-state index is 0.0767. The van der Waals surface area contributed by atoms with Crippen LogP contribution in [0.15, 0.2) is 42.5 Å². The quantitative estimate of drug-likeness (QED) is 0.776. The number of nitrogens with zero attached hydrogens (tertiary/aromatic N) is 3. The fraction of sp³-hybridized carbons (Fsp3) is 0.450. The third-order valence-electron chi connectivity index (χ3n) is 4.77. The van der Waals surface area contributed by atoms with Crippen molar-refractivity contribution in [3.8, 4) is 0 Å². The lowest BCUT2D eigenvalue weighted by atomic mass is 10.1. The number of hydrogen-bond donors (Lipinski definition) is 2. The molecule has 7 nitrogen and oxygen atoms in total. The van der Waals surface area contributed by atoms with Crippen molar-refractivity contribution in [3.63, 3.8) is 0 Å². The number of carbonyl (C=O) groups excluding carboxylic acids is 1. The van der Waals surface area contributed by atoms with Gasteiger partial charge in [0.05, 0.1) is 18.8 Å². The Morgan fingerprint density at radius 1 is 1.26 bits per heavy atom. The Morgan fingerprint density at radius 2 is 2.07 bits per heavy atom. The van der Waals surface area contributed by atoms with Crippen LogP contribution in [-0.2, 0) is 11.3 Å². The first-order valence-electron chi connectivity index (χ1n) is 9.39. The van der Waals surface area contributed by atoms with E-state index < -0.39 is 0 Å². The topological polar surface area (TPSA) is 79.4 Å². The van der Waals surface area contributed by atoms with Crippen LogP contribution in [0.4, 0.5) is 5.82 Å². The molecular weight excluding hydrogens is 342 g/mol. The van der Waals surface area contributed by atoms with Gasteiger partial charge in [0.2, 0.25) is 0 Å². The lowest BCUT2D eigenvalue weighted by Crippen LogP contribution is -2.49. The number of hydrogen-bond acceptors (Lipinski definition) is 6. The van der Waals surface area contributed by atoms with Crippen LogP contribution in [0.1, 0.15) is 29.4 Å². The van der Waals surface area contributed by atoms with Gasteiger partial charge >= 0.3 is 0 Å². The molecule has 2 unspecified atom stereocenters. The van der Waals surface area contributed by atoms with Gasteiger partial charge in [-0.25, -0.2) is 0 Å². The van der Waals surface area contributed by atoms with Gasteiger partial charge < -0.3 is 15.4 Å². The summed E-state index contributed by atoms with van der Waals surface area (Å²) in [5, 5.41) is 14.1. The average molecular weight is 369 g/mol. The van der Waals surface area contributed by atoms with Gasteiger partial charge in [0.1, 0.15) is 5.82 Å². The molecule has 1 amide bonds. The molecule has 0 aliphatic carbocycles. The van der Waals surface area contributed by atoms with Crippen molar-refractivity contribution in [3.05, 3.63) is 53.7 Å². The Bertz CT molecular complexity index is 723. The molecular formula is C20H27N5O2. The van der Waals surface area contributed by atoms with Crippen LogP contribution in [0, 0.1) is 0 Å². The second-order valence-corrected chi connectivity index (χ2v) is 6.67. The number of benzene rings is 1. The van der Waals surface area contributed by atoms with Crippen molar-refractivity contribution in [1.82, 2.24) is 20.4 Å². The molecule has 2 heterocycles. The molecule has 2 N–H and O–H groups in total. The van der Waals surface area contributed by atoms with Gasteiger partial charge in [0, 0.05) is 26.7 Å². The van der Waals surface area contributed by atoms with Gasteiger partial charge in [0.15, 0.2) is 5.69 Å². The maximum atomic E-state index is 11.6. The molecule has 1 saturated heterocycles. The first-order valence-corrected chi connectivity index (χ1v) is 9.39. The van der Waals surface area contributed by atoms with Crippen LogP contribution < -0.4 is 10.6 Å². The van der Waals surface area contributed by atoms with E-state index in [0.717, 1.165) is 32.7 Å². The first kappa shape index (κ1) is 19.3. The summed E-state index contributed by atoms with van der Waals surface area (Å²) in [7, 11) is 1.57. The summed E-state index contributed by atoms with van der Waals surface area (Å²) in [5.74, 6) is 0.409. The van der Waals surface area contributed by atoms with Crippen molar-refractivity contribution < 1.29 is 9.53 Å². The molecule has 1 fully saturated rings. The van der Waals surface area contributed by atoms with Crippen LogP contribution in [0.25, 0.3) is 0 Å². The van der Waals surface area contributed by atoms with Crippen molar-refractivity contribution in [2.24, 2.45) is 0 Å². The first-order chi connectivity index (χ1) is 13.2. The smallest absolute Gasteiger partial charge is 0.271 e. The normalized spacial score (nSPS) is 18.7. The molecule has 0 spiro atoms. The fourth-order valence-electron chi connectivity index (χ4n) is 3.27. The number of amides is 1. The number of nitrogens with one attached hydrogen (secondary N) is 2. The van der Waals surface area contributed by atoms with Crippen LogP contribution in [0.2, 0.25) is 0 Å². The van der Waals surface area contributed by atoms with Crippen LogP contribution in [-0.4, -0.2) is 59.9 Å². The zero-order valence-electron chi connectivity index (χ0n) is 15.9. The highest BCUT2D eigenvalue weighted by atomic mass is 16.5. The van der Waals surface area contributed by atoms with Crippen LogP contribution in [0.5, 0.6) is 0 Å². The fourth-order valence-corrected chi connectivity index (χ4v) is 3.27. The van der Waals surface area contributed by atoms with Crippen molar-refractivity contribution in [1.29, 1.82) is 0 Å². The number of morpholine rings is 1. The summed E-state index contributed by atoms with van der Waals surface area (Å²) in [6, 6.07) is 14.1. The molecule has 27 heavy (non-hydrogen) atoms. The molecule has 3 rings (SSSR count). The summed E-state index contributed by atoms with van der Waals surface area (Å²) in [4.78, 5) is 14.0. The molecule has 1 aliphatic heterocycles. The predicted molar refractivity (Wildman–Crippen MR) is 105 cm³/mol. The average Bonchev–Trinajstić information content (AvgIpc) is 2.73. The molecule has 0 bridgehead atoms. The minimum Gasteiger partial charge on any atom is -0.373 e. The van der Waals surface area contributed by atoms with Crippen LogP contribution >= 0.6 is 0 Å². The predicted octanol–water partition coefficient (Wildman–Crippen LogP) is 1.93. The van der Waals surface area contributed by atoms with E-state index in [1.807, 2.05) is 6.07 Å². The van der Waals surface area contributed by atoms with E-state index in [2.05, 4.69) is 56.9 Å². The number of ether oxygens (including phenoxy) is 1. The number of anilines is 1. The third-order valence-corrected chi connectivity index (χ3v) is 4.77. The summed E-state index contributed by atoms with van der Waals surface area (Å²) in [6.07, 6.45) is 0.982. The van der Waals surface area contributed by atoms with Gasteiger partial charge in [-0.2, -0.15) is 0 Å². The number of aromatic nitrogens is 2. The van der Waals surface area contributed by atoms with E-state index in [9.17, 15) is 4.79 Å². The van der Waals surface area contributed by atoms with E-state index in [1.165, 1.54) is 5.56 Å². The number of carbonyl (C=O) groups is 1. The highest BCUT2D eigenvalue weighted by molar-refractivity contribution is 5.91. The van der Waals surface area contributed by atoms with E-state index >= 15 is 0 Å². The van der Waals surface area contributed by atoms with E-state index in [1.54, 1.807) is 19.2 Å². The zero-order valence-corrected chi connectivity index (χ0v) is 15.9. The molecule has 1 aromatic heterocycles. The van der Waals surface area contributed by atoms with E-state index in [4.69, 9.17) is 4.74 Å². The van der Waals surface area contributed by atoms with Gasteiger partial charge in [-0.05, 0) is 24.1 Å². The van der Waals surface area contributed by atoms with Crippen LogP contribution in [0.3, 0.4) is 0 Å². The highest BCUT2D eigenvalue weighted by Gasteiger charge is 2.27. The second-order valence-electron chi connectivity index (χ2n) is 6.67. The highest BCUT2D eigenvalue weighted by Crippen LogP contribution is 2.17. The largest absolute Gasteiger partial charge is 0.373 e. The molecule has 0 radical (unpaired) electrons. The number of rotatable bonds is 7. The molecule has 1 aliphatic rings. The lowest BCUT2D eigenvalue weighted by molar-refractivity contribution is -0.0403. The Hall–Kier alpha value is -2.51. The lowest BCUT2D eigenvalue weighted by Gasteiger charge is -2.37. The maximum Gasteiger partial charge on any atom is 0.271 e. The van der Waals surface area contributed by atoms with Crippen molar-refractivity contribution in [2.45, 2.75) is 32.0 Å². The van der Waals surface area contributed by atoms with E-state index in [0.29, 0.717) is 11.5 Å². The van der Waals surface area contributed by atoms with Gasteiger partial charge in [0.25, 0.3) is 5.91 Å². The maximum absolute atomic E-state index is 11.6. The standard InChI is InChI=1S/C20H27N5O2/c1-3-16(22-19-10-9-17(23-24-19)20(26)21-2)18-14-25(11-12-27-18)13-15-7-5-4-6-8-15/h4-10,16,18H,3,11-14H2,1-2H3,(H,21,26)(H,22,24). The van der Waals surface area contributed by atoms with Gasteiger partial charge in [-0.1, -0.05) is 37.3 Å². The SMILES string of the molecule is CCC(Nc1ccc(C(=O)NC)nn1)C1CN(Cc2ccccc2)CCO1. The Morgan fingerprint density at radius 3 is 2.74 bits per heavy atom. The van der Waals surface area contributed by atoms with Crippen molar-refractivity contribution in [2.75, 3.05) is 32.1 Å². The van der Waals surface area contributed by atoms with E-state index in [-0.39, 0.29) is 18.1 Å². The Kier molecular flexibility index (Phi) is 6.73. The summed E-state index contributed by atoms with van der Waals surface area (Å²) in [6.45, 7) is 5.57. The molecule has 1 aromatic carbocycles. The summed E-state index contributed by atoms with van der Waals surface area (Å²) in [5.41, 5.74) is 1.62. The summed E-state index contributed by atoms with van der Waals surface area (Å²) >= 11 is 0. The molecule has 2 atom stereocenters. The van der Waals surface area contributed by atoms with Gasteiger partial charge in [-0.15, -0.1) is 10.2 Å². The van der Waals surface area contributed by atoms with Crippen molar-refractivity contribution >= 4 is 11.7 Å². The molecule has 0 saturated carbocycles. The zero-order chi connectivity index (χ0) is 19.1. The molecule has 144 valence electrons.